The van der Waals surface area contributed by atoms with E-state index < -0.39 is 6.03 Å². The van der Waals surface area contributed by atoms with E-state index in [-0.39, 0.29) is 12.3 Å². The van der Waals surface area contributed by atoms with Crippen molar-refractivity contribution in [3.05, 3.63) is 29.1 Å². The van der Waals surface area contributed by atoms with Crippen LogP contribution in [0.15, 0.2) is 29.1 Å². The van der Waals surface area contributed by atoms with Gasteiger partial charge in [0.25, 0.3) is 0 Å². The molecule has 1 aliphatic rings. The Morgan fingerprint density at radius 3 is 2.95 bits per heavy atom. The van der Waals surface area contributed by atoms with E-state index in [1.54, 1.807) is 6.20 Å². The molecular weight excluding hydrogens is 312 g/mol. The highest BCUT2D eigenvalue weighted by atomic mass is 79.9. The summed E-state index contributed by atoms with van der Waals surface area (Å²) in [5, 5.41) is 3.07. The van der Waals surface area contributed by atoms with Gasteiger partial charge >= 0.3 is 6.03 Å². The average Bonchev–Trinajstić information content (AvgIpc) is 2.41. The van der Waals surface area contributed by atoms with Crippen LogP contribution in [-0.2, 0) is 4.79 Å². The lowest BCUT2D eigenvalue weighted by Crippen LogP contribution is -2.49. The zero-order chi connectivity index (χ0) is 13.4. The van der Waals surface area contributed by atoms with Crippen LogP contribution < -0.4 is 10.2 Å². The summed E-state index contributed by atoms with van der Waals surface area (Å²) in [7, 11) is 0. The second-order valence-corrected chi connectivity index (χ2v) is 4.96. The van der Waals surface area contributed by atoms with Crippen molar-refractivity contribution in [3.63, 3.8) is 0 Å². The van der Waals surface area contributed by atoms with Crippen molar-refractivity contribution in [1.82, 2.24) is 15.3 Å². The molecule has 96 valence electrons. The van der Waals surface area contributed by atoms with Crippen LogP contribution in [0.2, 0.25) is 0 Å². The Labute approximate surface area is 117 Å². The lowest BCUT2D eigenvalue weighted by atomic mass is 10.1. The van der Waals surface area contributed by atoms with Crippen LogP contribution >= 0.6 is 15.9 Å². The second kappa shape index (κ2) is 4.58. The quantitative estimate of drug-likeness (QED) is 0.870. The van der Waals surface area contributed by atoms with Crippen molar-refractivity contribution in [2.75, 3.05) is 11.4 Å². The lowest BCUT2D eigenvalue weighted by molar-refractivity contribution is -0.120. The number of aromatic nitrogens is 2. The van der Waals surface area contributed by atoms with E-state index in [4.69, 9.17) is 0 Å². The molecule has 0 unspecified atom stereocenters. The van der Waals surface area contributed by atoms with Crippen LogP contribution in [0.1, 0.15) is 6.42 Å². The Kier molecular flexibility index (Phi) is 2.90. The van der Waals surface area contributed by atoms with Crippen molar-refractivity contribution < 1.29 is 9.59 Å². The van der Waals surface area contributed by atoms with Crippen molar-refractivity contribution >= 4 is 44.5 Å². The molecule has 1 aromatic carbocycles. The highest BCUT2D eigenvalue weighted by molar-refractivity contribution is 9.10. The van der Waals surface area contributed by atoms with Crippen molar-refractivity contribution in [2.24, 2.45) is 0 Å². The van der Waals surface area contributed by atoms with Gasteiger partial charge in [0, 0.05) is 29.0 Å². The number of fused-ring (bicyclic) bond motifs is 1. The number of benzene rings is 1. The molecule has 1 fully saturated rings. The molecule has 1 saturated heterocycles. The molecule has 1 aromatic heterocycles. The summed E-state index contributed by atoms with van der Waals surface area (Å²) in [6.07, 6.45) is 3.40. The first-order valence-corrected chi connectivity index (χ1v) is 6.45. The summed E-state index contributed by atoms with van der Waals surface area (Å²) in [4.78, 5) is 32.8. The van der Waals surface area contributed by atoms with E-state index in [2.05, 4.69) is 31.2 Å². The molecule has 0 saturated carbocycles. The maximum atomic E-state index is 11.9. The number of hydrogen-bond donors (Lipinski definition) is 1. The molecule has 3 rings (SSSR count). The minimum Gasteiger partial charge on any atom is -0.293 e. The van der Waals surface area contributed by atoms with Gasteiger partial charge in [-0.15, -0.1) is 0 Å². The Hall–Kier alpha value is -2.02. The number of urea groups is 1. The predicted molar refractivity (Wildman–Crippen MR) is 72.7 cm³/mol. The Balaban J connectivity index is 2.13. The van der Waals surface area contributed by atoms with Crippen LogP contribution in [0, 0.1) is 0 Å². The van der Waals surface area contributed by atoms with Gasteiger partial charge < -0.3 is 0 Å². The molecule has 2 heterocycles. The highest BCUT2D eigenvalue weighted by Gasteiger charge is 2.25. The fourth-order valence-corrected chi connectivity index (χ4v) is 2.51. The fraction of sp³-hybridized carbons (Fsp3) is 0.167. The molecule has 0 bridgehead atoms. The monoisotopic (exact) mass is 320 g/mol. The van der Waals surface area contributed by atoms with Crippen molar-refractivity contribution in [3.8, 4) is 0 Å². The number of hydrogen-bond acceptors (Lipinski definition) is 4. The van der Waals surface area contributed by atoms with E-state index >= 15 is 0 Å². The minimum atomic E-state index is -0.413. The number of rotatable bonds is 1. The van der Waals surface area contributed by atoms with Crippen LogP contribution in [0.4, 0.5) is 10.5 Å². The normalized spacial score (nSPS) is 15.7. The van der Waals surface area contributed by atoms with Crippen LogP contribution in [0.5, 0.6) is 0 Å². The van der Waals surface area contributed by atoms with Gasteiger partial charge in [-0.25, -0.2) is 14.8 Å². The highest BCUT2D eigenvalue weighted by Crippen LogP contribution is 2.31. The molecule has 1 N–H and O–H groups in total. The summed E-state index contributed by atoms with van der Waals surface area (Å²) >= 11 is 3.42. The first-order valence-electron chi connectivity index (χ1n) is 5.66. The van der Waals surface area contributed by atoms with Gasteiger partial charge in [0.15, 0.2) is 0 Å². The Morgan fingerprint density at radius 2 is 2.16 bits per heavy atom. The molecule has 0 radical (unpaired) electrons. The second-order valence-electron chi connectivity index (χ2n) is 4.11. The van der Waals surface area contributed by atoms with Gasteiger partial charge in [0.2, 0.25) is 5.91 Å². The molecule has 6 nitrogen and oxygen atoms in total. The summed E-state index contributed by atoms with van der Waals surface area (Å²) in [6, 6.07) is 3.23. The smallest absolute Gasteiger partial charge is 0.293 e. The summed E-state index contributed by atoms with van der Waals surface area (Å²) in [6.45, 7) is 0.357. The number of nitrogens with one attached hydrogen (secondary N) is 1. The third-order valence-corrected chi connectivity index (χ3v) is 3.59. The minimum absolute atomic E-state index is 0.251. The Bertz CT molecular complexity index is 688. The van der Waals surface area contributed by atoms with E-state index in [0.29, 0.717) is 12.2 Å². The summed E-state index contributed by atoms with van der Waals surface area (Å²) < 4.78 is 0.835. The molecule has 7 heteroatoms. The molecule has 3 amide bonds. The SMILES string of the molecule is O=C1CCN(c2ccc(Br)c3ncncc23)C(=O)N1. The maximum Gasteiger partial charge on any atom is 0.328 e. The number of carbonyl (C=O) groups excluding carboxylic acids is 2. The first-order chi connectivity index (χ1) is 9.16. The van der Waals surface area contributed by atoms with Gasteiger partial charge in [-0.1, -0.05) is 0 Å². The van der Waals surface area contributed by atoms with Crippen molar-refractivity contribution in [1.29, 1.82) is 0 Å². The van der Waals surface area contributed by atoms with Gasteiger partial charge in [-0.3, -0.25) is 15.0 Å². The number of halogens is 1. The van der Waals surface area contributed by atoms with Crippen LogP contribution in [0.25, 0.3) is 10.9 Å². The van der Waals surface area contributed by atoms with Gasteiger partial charge in [-0.05, 0) is 28.1 Å². The predicted octanol–water partition coefficient (Wildman–Crippen LogP) is 1.84. The number of imide groups is 1. The third kappa shape index (κ3) is 2.06. The largest absolute Gasteiger partial charge is 0.328 e. The third-order valence-electron chi connectivity index (χ3n) is 2.95. The number of amides is 3. The lowest BCUT2D eigenvalue weighted by Gasteiger charge is -2.27. The molecule has 19 heavy (non-hydrogen) atoms. The molecule has 0 atom stereocenters. The van der Waals surface area contributed by atoms with Crippen LogP contribution in [0.3, 0.4) is 0 Å². The Morgan fingerprint density at radius 1 is 1.32 bits per heavy atom. The maximum absolute atomic E-state index is 11.9. The van der Waals surface area contributed by atoms with Gasteiger partial charge in [-0.2, -0.15) is 0 Å². The average molecular weight is 321 g/mol. The molecular formula is C12H9BrN4O2. The van der Waals surface area contributed by atoms with E-state index in [1.165, 1.54) is 11.2 Å². The molecule has 1 aliphatic heterocycles. The summed E-state index contributed by atoms with van der Waals surface area (Å²) in [5.74, 6) is -0.251. The topological polar surface area (TPSA) is 75.2 Å². The van der Waals surface area contributed by atoms with E-state index in [1.807, 2.05) is 12.1 Å². The standard InChI is InChI=1S/C12H9BrN4O2/c13-8-1-2-9(7-5-14-6-15-11(7)8)17-4-3-10(18)16-12(17)19/h1-2,5-6H,3-4H2,(H,16,18,19). The van der Waals surface area contributed by atoms with Crippen molar-refractivity contribution in [2.45, 2.75) is 6.42 Å². The number of anilines is 1. The zero-order valence-electron chi connectivity index (χ0n) is 9.76. The number of nitrogens with zero attached hydrogens (tertiary/aromatic N) is 3. The number of carbonyl (C=O) groups is 2. The fourth-order valence-electron chi connectivity index (χ4n) is 2.06. The van der Waals surface area contributed by atoms with E-state index in [9.17, 15) is 9.59 Å². The van der Waals surface area contributed by atoms with Gasteiger partial charge in [0.05, 0.1) is 11.2 Å². The summed E-state index contributed by atoms with van der Waals surface area (Å²) in [5.41, 5.74) is 1.43. The first kappa shape index (κ1) is 12.0. The molecule has 2 aromatic rings. The molecule has 0 aliphatic carbocycles. The molecule has 0 spiro atoms. The van der Waals surface area contributed by atoms with Gasteiger partial charge in [0.1, 0.15) is 6.33 Å². The van der Waals surface area contributed by atoms with Crippen LogP contribution in [-0.4, -0.2) is 28.5 Å². The zero-order valence-corrected chi connectivity index (χ0v) is 11.3. The van der Waals surface area contributed by atoms with E-state index in [0.717, 1.165) is 15.4 Å².